The van der Waals surface area contributed by atoms with Crippen molar-refractivity contribution in [3.05, 3.63) is 12.7 Å². The molecule has 1 N–H and O–H groups in total. The maximum absolute atomic E-state index is 11.5. The number of rotatable bonds is 11. The zero-order valence-electron chi connectivity index (χ0n) is 16.5. The molecule has 0 aliphatic rings. The van der Waals surface area contributed by atoms with Gasteiger partial charge in [-0.1, -0.05) is 47.6 Å². The first kappa shape index (κ1) is 26.1. The van der Waals surface area contributed by atoms with Crippen LogP contribution in [0.25, 0.3) is 0 Å². The number of carbonyl (C=O) groups is 1. The van der Waals surface area contributed by atoms with Crippen LogP contribution in [0.4, 0.5) is 0 Å². The van der Waals surface area contributed by atoms with Gasteiger partial charge in [-0.15, -0.1) is 0 Å². The minimum Gasteiger partial charge on any atom is -0.356 e. The van der Waals surface area contributed by atoms with Crippen molar-refractivity contribution < 1.29 is 9.28 Å². The van der Waals surface area contributed by atoms with Crippen molar-refractivity contribution >= 4 is 5.91 Å². The second-order valence-electron chi connectivity index (χ2n) is 5.64. The Bertz CT molecular complexity index is 238. The first-order chi connectivity index (χ1) is 10.5. The molecule has 0 saturated carbocycles. The minimum atomic E-state index is 0.211. The van der Waals surface area contributed by atoms with E-state index in [1.807, 2.05) is 33.8 Å². The van der Waals surface area contributed by atoms with Crippen molar-refractivity contribution in [3.63, 3.8) is 0 Å². The predicted octanol–water partition coefficient (Wildman–Crippen LogP) is 4.78. The fourth-order valence-electron chi connectivity index (χ4n) is 1.94. The second kappa shape index (κ2) is 20.2. The largest absolute Gasteiger partial charge is 0.356 e. The third kappa shape index (κ3) is 21.5. The van der Waals surface area contributed by atoms with Crippen LogP contribution >= 0.6 is 0 Å². The first-order valence-electron chi connectivity index (χ1n) is 9.21. The van der Waals surface area contributed by atoms with Gasteiger partial charge in [0, 0.05) is 13.0 Å². The summed E-state index contributed by atoms with van der Waals surface area (Å²) in [6, 6.07) is 0. The van der Waals surface area contributed by atoms with Crippen LogP contribution < -0.4 is 5.32 Å². The van der Waals surface area contributed by atoms with Crippen LogP contribution in [0.1, 0.15) is 73.1 Å². The Labute approximate surface area is 140 Å². The lowest BCUT2D eigenvalue weighted by Crippen LogP contribution is -2.40. The summed E-state index contributed by atoms with van der Waals surface area (Å²) in [7, 11) is 4.44. The smallest absolute Gasteiger partial charge is 0.219 e. The van der Waals surface area contributed by atoms with Gasteiger partial charge in [-0.05, 0) is 31.8 Å². The molecule has 1 amide bonds. The van der Waals surface area contributed by atoms with E-state index in [0.717, 1.165) is 49.8 Å². The number of quaternary nitrogens is 1. The first-order valence-corrected chi connectivity index (χ1v) is 9.21. The topological polar surface area (TPSA) is 29.1 Å². The molecule has 0 bridgehead atoms. The van der Waals surface area contributed by atoms with E-state index in [-0.39, 0.29) is 5.91 Å². The second-order valence-corrected chi connectivity index (χ2v) is 5.64. The van der Waals surface area contributed by atoms with Crippen molar-refractivity contribution in [2.75, 3.05) is 33.7 Å². The van der Waals surface area contributed by atoms with E-state index in [0.29, 0.717) is 6.42 Å². The number of nitrogens with one attached hydrogen (secondary N) is 1. The summed E-state index contributed by atoms with van der Waals surface area (Å²) in [5, 5.41) is 2.95. The van der Waals surface area contributed by atoms with E-state index < -0.39 is 0 Å². The highest BCUT2D eigenvalue weighted by molar-refractivity contribution is 5.75. The summed E-state index contributed by atoms with van der Waals surface area (Å²) >= 11 is 0. The van der Waals surface area contributed by atoms with Gasteiger partial charge in [-0.2, -0.15) is 0 Å². The molecule has 0 aromatic rings. The van der Waals surface area contributed by atoms with Gasteiger partial charge in [0.1, 0.15) is 0 Å². The summed E-state index contributed by atoms with van der Waals surface area (Å²) in [5.41, 5.74) is 0. The Morgan fingerprint density at radius 1 is 1.05 bits per heavy atom. The number of amides is 1. The maximum Gasteiger partial charge on any atom is 0.219 e. The van der Waals surface area contributed by atoms with E-state index in [9.17, 15) is 4.79 Å². The number of likely N-dealkylation sites (N-methyl/N-ethyl adjacent to an activating group) is 1. The predicted molar refractivity (Wildman–Crippen MR) is 101 cm³/mol. The molecule has 3 nitrogen and oxygen atoms in total. The molecule has 0 atom stereocenters. The van der Waals surface area contributed by atoms with Gasteiger partial charge in [0.15, 0.2) is 0 Å². The van der Waals surface area contributed by atoms with Crippen molar-refractivity contribution in [2.24, 2.45) is 0 Å². The molecule has 0 rings (SSSR count). The highest BCUT2D eigenvalue weighted by Crippen LogP contribution is 2.05. The van der Waals surface area contributed by atoms with Gasteiger partial charge in [0.25, 0.3) is 0 Å². The van der Waals surface area contributed by atoms with E-state index in [1.165, 1.54) is 6.42 Å². The normalized spacial score (nSPS) is 9.77. The molecule has 0 unspecified atom stereocenters. The van der Waals surface area contributed by atoms with Crippen LogP contribution in [0.2, 0.25) is 0 Å². The lowest BCUT2D eigenvalue weighted by Gasteiger charge is -2.28. The van der Waals surface area contributed by atoms with Crippen molar-refractivity contribution in [1.82, 2.24) is 5.32 Å². The number of hydrogen-bond donors (Lipinski definition) is 1. The fourth-order valence-corrected chi connectivity index (χ4v) is 1.94. The summed E-state index contributed by atoms with van der Waals surface area (Å²) < 4.78 is 0.992. The highest BCUT2D eigenvalue weighted by Gasteiger charge is 2.11. The summed E-state index contributed by atoms with van der Waals surface area (Å²) in [6.45, 7) is 16.9. The van der Waals surface area contributed by atoms with Crippen LogP contribution in [-0.2, 0) is 4.79 Å². The third-order valence-corrected chi connectivity index (χ3v) is 3.14. The standard InChI is InChI=1S/C15H30N2O.2C2H6/c1-5-7-12-16-15(18)11-9-8-10-14-17(3,4)13-6-2;2*1-2/h6H,2,5,7-14H2,1,3-4H3;2*1-2H3/p+1. The summed E-state index contributed by atoms with van der Waals surface area (Å²) in [4.78, 5) is 11.5. The van der Waals surface area contributed by atoms with E-state index in [4.69, 9.17) is 0 Å². The Balaban J connectivity index is -0.000000826. The van der Waals surface area contributed by atoms with E-state index in [2.05, 4.69) is 32.9 Å². The zero-order chi connectivity index (χ0) is 17.9. The molecule has 0 aromatic carbocycles. The quantitative estimate of drug-likeness (QED) is 0.332. The van der Waals surface area contributed by atoms with Gasteiger partial charge in [-0.25, -0.2) is 0 Å². The number of hydrogen-bond acceptors (Lipinski definition) is 1. The average Bonchev–Trinajstić information content (AvgIpc) is 2.51. The number of unbranched alkanes of at least 4 members (excludes halogenated alkanes) is 3. The summed E-state index contributed by atoms with van der Waals surface area (Å²) in [5.74, 6) is 0.211. The molecule has 22 heavy (non-hydrogen) atoms. The van der Waals surface area contributed by atoms with Gasteiger partial charge in [0.2, 0.25) is 5.91 Å². The van der Waals surface area contributed by atoms with E-state index in [1.54, 1.807) is 0 Å². The third-order valence-electron chi connectivity index (χ3n) is 3.14. The van der Waals surface area contributed by atoms with Crippen LogP contribution in [0.15, 0.2) is 12.7 Å². The highest BCUT2D eigenvalue weighted by atomic mass is 16.1. The van der Waals surface area contributed by atoms with Gasteiger partial charge < -0.3 is 9.80 Å². The summed E-state index contributed by atoms with van der Waals surface area (Å²) in [6.07, 6.45) is 8.20. The molecule has 0 saturated heterocycles. The molecule has 0 heterocycles. The molecule has 0 fully saturated rings. The Hall–Kier alpha value is -0.830. The Morgan fingerprint density at radius 3 is 2.14 bits per heavy atom. The molecular weight excluding hydrogens is 272 g/mol. The SMILES string of the molecule is C=CC[N+](C)(C)CCCCCC(=O)NCCCC.CC.CC. The average molecular weight is 316 g/mol. The molecule has 0 spiro atoms. The molecule has 0 radical (unpaired) electrons. The van der Waals surface area contributed by atoms with Gasteiger partial charge >= 0.3 is 0 Å². The van der Waals surface area contributed by atoms with Crippen molar-refractivity contribution in [2.45, 2.75) is 73.1 Å². The molecule has 0 aliphatic heterocycles. The van der Waals surface area contributed by atoms with Crippen molar-refractivity contribution in [3.8, 4) is 0 Å². The minimum absolute atomic E-state index is 0.211. The van der Waals surface area contributed by atoms with Crippen LogP contribution in [0, 0.1) is 0 Å². The van der Waals surface area contributed by atoms with Crippen LogP contribution in [-0.4, -0.2) is 44.1 Å². The van der Waals surface area contributed by atoms with Crippen LogP contribution in [0.5, 0.6) is 0 Å². The molecule has 3 heteroatoms. The molecular formula is C19H43N2O+. The van der Waals surface area contributed by atoms with E-state index >= 15 is 0 Å². The Morgan fingerprint density at radius 2 is 1.64 bits per heavy atom. The molecule has 0 aromatic heterocycles. The monoisotopic (exact) mass is 315 g/mol. The zero-order valence-corrected chi connectivity index (χ0v) is 16.5. The maximum atomic E-state index is 11.5. The lowest BCUT2D eigenvalue weighted by molar-refractivity contribution is -0.884. The van der Waals surface area contributed by atoms with Gasteiger partial charge in [-0.3, -0.25) is 4.79 Å². The Kier molecular flexibility index (Phi) is 23.9. The molecule has 134 valence electrons. The fraction of sp³-hybridized carbons (Fsp3) is 0.842. The number of carbonyl (C=O) groups excluding carboxylic acids is 1. The lowest BCUT2D eigenvalue weighted by atomic mass is 10.1. The van der Waals surface area contributed by atoms with Gasteiger partial charge in [0.05, 0.1) is 27.2 Å². The van der Waals surface area contributed by atoms with Crippen LogP contribution in [0.3, 0.4) is 0 Å². The molecule has 0 aliphatic carbocycles. The number of nitrogens with zero attached hydrogens (tertiary/aromatic N) is 1. The van der Waals surface area contributed by atoms with Crippen molar-refractivity contribution in [1.29, 1.82) is 0 Å².